The Morgan fingerprint density at radius 1 is 1.05 bits per heavy atom. The van der Waals surface area contributed by atoms with Crippen LogP contribution in [0.15, 0.2) is 53.5 Å². The highest BCUT2D eigenvalue weighted by molar-refractivity contribution is 5.97. The zero-order valence-corrected chi connectivity index (χ0v) is 11.4. The number of para-hydroxylation sites is 1. The van der Waals surface area contributed by atoms with Crippen LogP contribution in [0.3, 0.4) is 0 Å². The first kappa shape index (κ1) is 12.1. The molecule has 5 heteroatoms. The van der Waals surface area contributed by atoms with E-state index < -0.39 is 0 Å². The third-order valence-electron chi connectivity index (χ3n) is 3.80. The van der Waals surface area contributed by atoms with Crippen LogP contribution in [-0.2, 0) is 0 Å². The number of benzene rings is 2. The molecule has 5 nitrogen and oxygen atoms in total. The number of nitrogens with two attached hydrogens (primary N) is 1. The van der Waals surface area contributed by atoms with E-state index in [4.69, 9.17) is 15.2 Å². The highest BCUT2D eigenvalue weighted by Crippen LogP contribution is 2.37. The van der Waals surface area contributed by atoms with E-state index in [-0.39, 0.29) is 12.8 Å². The molecule has 4 rings (SSSR count). The molecule has 0 fully saturated rings. The molecule has 0 aliphatic carbocycles. The second-order valence-corrected chi connectivity index (χ2v) is 5.03. The van der Waals surface area contributed by atoms with Crippen molar-refractivity contribution in [2.75, 3.05) is 18.2 Å². The topological polar surface area (TPSA) is 60.1 Å². The molecule has 2 aliphatic rings. The number of fused-ring (bicyclic) bond motifs is 1. The van der Waals surface area contributed by atoms with Crippen molar-refractivity contribution in [2.24, 2.45) is 10.7 Å². The van der Waals surface area contributed by atoms with Gasteiger partial charge in [-0.15, -0.1) is 0 Å². The SMILES string of the molecule is NC1=NCC(c2ccc3c(c2)OCO3)N1c1ccccc1. The van der Waals surface area contributed by atoms with Gasteiger partial charge < -0.3 is 20.1 Å². The minimum absolute atomic E-state index is 0.0851. The molecular weight excluding hydrogens is 266 g/mol. The maximum atomic E-state index is 6.07. The van der Waals surface area contributed by atoms with E-state index in [0.29, 0.717) is 12.5 Å². The molecule has 21 heavy (non-hydrogen) atoms. The predicted molar refractivity (Wildman–Crippen MR) is 80.7 cm³/mol. The number of ether oxygens (including phenoxy) is 2. The highest BCUT2D eigenvalue weighted by Gasteiger charge is 2.30. The summed E-state index contributed by atoms with van der Waals surface area (Å²) in [6.45, 7) is 0.921. The zero-order chi connectivity index (χ0) is 14.2. The lowest BCUT2D eigenvalue weighted by Crippen LogP contribution is -2.36. The molecule has 0 radical (unpaired) electrons. The molecule has 0 bridgehead atoms. The lowest BCUT2D eigenvalue weighted by Gasteiger charge is -2.26. The van der Waals surface area contributed by atoms with Crippen molar-refractivity contribution in [2.45, 2.75) is 6.04 Å². The van der Waals surface area contributed by atoms with Crippen molar-refractivity contribution >= 4 is 11.6 Å². The minimum atomic E-state index is 0.0851. The largest absolute Gasteiger partial charge is 0.454 e. The fraction of sp³-hybridized carbons (Fsp3) is 0.188. The van der Waals surface area contributed by atoms with Crippen molar-refractivity contribution in [3.8, 4) is 11.5 Å². The quantitative estimate of drug-likeness (QED) is 0.917. The molecule has 2 aliphatic heterocycles. The van der Waals surface area contributed by atoms with Gasteiger partial charge >= 0.3 is 0 Å². The van der Waals surface area contributed by atoms with Crippen molar-refractivity contribution < 1.29 is 9.47 Å². The number of anilines is 1. The van der Waals surface area contributed by atoms with Gasteiger partial charge in [-0.1, -0.05) is 24.3 Å². The molecule has 0 saturated carbocycles. The number of guanidine groups is 1. The van der Waals surface area contributed by atoms with Gasteiger partial charge in [0.1, 0.15) is 0 Å². The summed E-state index contributed by atoms with van der Waals surface area (Å²) in [5.41, 5.74) is 8.23. The molecule has 0 amide bonds. The molecule has 106 valence electrons. The first-order valence-corrected chi connectivity index (χ1v) is 6.87. The minimum Gasteiger partial charge on any atom is -0.454 e. The summed E-state index contributed by atoms with van der Waals surface area (Å²) in [7, 11) is 0. The van der Waals surface area contributed by atoms with Gasteiger partial charge in [-0.05, 0) is 29.8 Å². The Kier molecular flexibility index (Phi) is 2.70. The van der Waals surface area contributed by atoms with E-state index in [2.05, 4.69) is 9.89 Å². The van der Waals surface area contributed by atoms with Gasteiger partial charge in [0.05, 0.1) is 12.6 Å². The van der Waals surface area contributed by atoms with Crippen LogP contribution in [0.1, 0.15) is 11.6 Å². The molecule has 0 aromatic heterocycles. The average molecular weight is 281 g/mol. The monoisotopic (exact) mass is 281 g/mol. The van der Waals surface area contributed by atoms with Crippen molar-refractivity contribution in [3.63, 3.8) is 0 Å². The lowest BCUT2D eigenvalue weighted by molar-refractivity contribution is 0.174. The third kappa shape index (κ3) is 1.98. The van der Waals surface area contributed by atoms with E-state index in [1.54, 1.807) is 0 Å². The highest BCUT2D eigenvalue weighted by atomic mass is 16.7. The maximum Gasteiger partial charge on any atom is 0.231 e. The van der Waals surface area contributed by atoms with Gasteiger partial charge in [0.25, 0.3) is 0 Å². The second-order valence-electron chi connectivity index (χ2n) is 5.03. The van der Waals surface area contributed by atoms with Gasteiger partial charge in [-0.2, -0.15) is 0 Å². The zero-order valence-electron chi connectivity index (χ0n) is 11.4. The Balaban J connectivity index is 1.71. The molecule has 2 aromatic carbocycles. The smallest absolute Gasteiger partial charge is 0.231 e. The summed E-state index contributed by atoms with van der Waals surface area (Å²) in [6.07, 6.45) is 0. The molecule has 2 aromatic rings. The van der Waals surface area contributed by atoms with E-state index in [1.165, 1.54) is 0 Å². The van der Waals surface area contributed by atoms with Gasteiger partial charge in [0.15, 0.2) is 17.5 Å². The van der Waals surface area contributed by atoms with Crippen LogP contribution >= 0.6 is 0 Å². The molecule has 0 spiro atoms. The summed E-state index contributed by atoms with van der Waals surface area (Å²) >= 11 is 0. The molecule has 2 N–H and O–H groups in total. The van der Waals surface area contributed by atoms with Crippen molar-refractivity contribution in [1.82, 2.24) is 0 Å². The van der Waals surface area contributed by atoms with Crippen LogP contribution in [0.4, 0.5) is 5.69 Å². The fourth-order valence-electron chi connectivity index (χ4n) is 2.77. The van der Waals surface area contributed by atoms with Gasteiger partial charge in [-0.25, -0.2) is 0 Å². The van der Waals surface area contributed by atoms with Gasteiger partial charge in [0, 0.05) is 5.69 Å². The molecule has 2 heterocycles. The van der Waals surface area contributed by atoms with E-state index in [1.807, 2.05) is 48.5 Å². The van der Waals surface area contributed by atoms with Crippen LogP contribution in [0.2, 0.25) is 0 Å². The van der Waals surface area contributed by atoms with E-state index >= 15 is 0 Å². The Morgan fingerprint density at radius 2 is 1.86 bits per heavy atom. The van der Waals surface area contributed by atoms with Crippen LogP contribution in [0.25, 0.3) is 0 Å². The summed E-state index contributed by atoms with van der Waals surface area (Å²) in [5, 5.41) is 0. The average Bonchev–Trinajstić information content (AvgIpc) is 3.13. The summed E-state index contributed by atoms with van der Waals surface area (Å²) in [4.78, 5) is 6.45. The first-order valence-electron chi connectivity index (χ1n) is 6.87. The Labute approximate surface area is 122 Å². The Bertz CT molecular complexity index is 700. The molecule has 1 unspecified atom stereocenters. The van der Waals surface area contributed by atoms with Crippen LogP contribution < -0.4 is 20.1 Å². The Hall–Kier alpha value is -2.69. The van der Waals surface area contributed by atoms with Crippen LogP contribution in [0, 0.1) is 0 Å². The Morgan fingerprint density at radius 3 is 2.71 bits per heavy atom. The molecular formula is C16H15N3O2. The first-order chi connectivity index (χ1) is 10.3. The second kappa shape index (κ2) is 4.70. The summed E-state index contributed by atoms with van der Waals surface area (Å²) in [6, 6.07) is 16.1. The van der Waals surface area contributed by atoms with Gasteiger partial charge in [0.2, 0.25) is 6.79 Å². The fourth-order valence-corrected chi connectivity index (χ4v) is 2.77. The van der Waals surface area contributed by atoms with Crippen LogP contribution in [-0.4, -0.2) is 19.3 Å². The van der Waals surface area contributed by atoms with E-state index in [0.717, 1.165) is 22.7 Å². The third-order valence-corrected chi connectivity index (χ3v) is 3.80. The number of hydrogen-bond donors (Lipinski definition) is 1. The predicted octanol–water partition coefficient (Wildman–Crippen LogP) is 2.29. The summed E-state index contributed by atoms with van der Waals surface area (Å²) < 4.78 is 10.8. The van der Waals surface area contributed by atoms with Crippen molar-refractivity contribution in [1.29, 1.82) is 0 Å². The maximum absolute atomic E-state index is 6.07. The normalized spacial score (nSPS) is 19.7. The summed E-state index contributed by atoms with van der Waals surface area (Å²) in [5.74, 6) is 2.12. The van der Waals surface area contributed by atoms with E-state index in [9.17, 15) is 0 Å². The number of aliphatic imine (C=N–C) groups is 1. The molecule has 1 atom stereocenters. The van der Waals surface area contributed by atoms with Gasteiger partial charge in [-0.3, -0.25) is 4.99 Å². The number of nitrogens with zero attached hydrogens (tertiary/aromatic N) is 2. The lowest BCUT2D eigenvalue weighted by atomic mass is 10.0. The van der Waals surface area contributed by atoms with Crippen LogP contribution in [0.5, 0.6) is 11.5 Å². The van der Waals surface area contributed by atoms with Crippen molar-refractivity contribution in [3.05, 3.63) is 54.1 Å². The molecule has 0 saturated heterocycles. The number of hydrogen-bond acceptors (Lipinski definition) is 5. The standard InChI is InChI=1S/C16H15N3O2/c17-16-18-9-13(19(16)12-4-2-1-3-5-12)11-6-7-14-15(8-11)21-10-20-14/h1-8,13H,9-10H2,(H2,17,18). The number of rotatable bonds is 2.